The van der Waals surface area contributed by atoms with Crippen LogP contribution in [0, 0.1) is 0 Å². The first-order chi connectivity index (χ1) is 14.3. The van der Waals surface area contributed by atoms with E-state index in [1.54, 1.807) is 6.08 Å². The molecule has 2 N–H and O–H groups in total. The van der Waals surface area contributed by atoms with Crippen LogP contribution in [0.3, 0.4) is 0 Å². The Hall–Kier alpha value is -2.91. The lowest BCUT2D eigenvalue weighted by atomic mass is 10.1. The van der Waals surface area contributed by atoms with Crippen molar-refractivity contribution in [3.63, 3.8) is 0 Å². The third kappa shape index (κ3) is 4.98. The fourth-order valence-corrected chi connectivity index (χ4v) is 4.25. The summed E-state index contributed by atoms with van der Waals surface area (Å²) >= 11 is 5.66. The maximum Gasteiger partial charge on any atom is 0.262 e. The lowest BCUT2D eigenvalue weighted by molar-refractivity contribution is -0.136. The van der Waals surface area contributed by atoms with Crippen molar-refractivity contribution in [1.82, 2.24) is 9.80 Å². The molecule has 3 rings (SSSR count). The number of ketones is 1. The Kier molecular flexibility index (Phi) is 6.73. The molecule has 1 unspecified atom stereocenters. The highest BCUT2D eigenvalue weighted by molar-refractivity contribution is 8.14. The fraction of sp³-hybridized carbons (Fsp3) is 0.190. The van der Waals surface area contributed by atoms with E-state index < -0.39 is 22.1 Å². The van der Waals surface area contributed by atoms with Crippen LogP contribution in [0.2, 0.25) is 0 Å². The second kappa shape index (κ2) is 9.27. The zero-order valence-corrected chi connectivity index (χ0v) is 17.8. The summed E-state index contributed by atoms with van der Waals surface area (Å²) in [6.45, 7) is -0.446. The van der Waals surface area contributed by atoms with Gasteiger partial charge in [0.1, 0.15) is 11.3 Å². The minimum absolute atomic E-state index is 0.165. The van der Waals surface area contributed by atoms with Gasteiger partial charge in [-0.25, -0.2) is 0 Å². The number of phenols is 2. The Labute approximate surface area is 183 Å². The van der Waals surface area contributed by atoms with E-state index in [0.29, 0.717) is 4.91 Å². The Morgan fingerprint density at radius 3 is 2.53 bits per heavy atom. The maximum atomic E-state index is 12.7. The number of thioether (sulfide) groups is 1. The second-order valence-electron chi connectivity index (χ2n) is 6.67. The zero-order chi connectivity index (χ0) is 21.8. The van der Waals surface area contributed by atoms with Gasteiger partial charge in [-0.15, -0.1) is 12.6 Å². The van der Waals surface area contributed by atoms with Crippen molar-refractivity contribution in [3.05, 3.63) is 64.6 Å². The van der Waals surface area contributed by atoms with Crippen LogP contribution >= 0.6 is 24.4 Å². The number of amides is 2. The highest BCUT2D eigenvalue weighted by Gasteiger charge is 2.35. The number of aromatic hydroxyl groups is 2. The third-order valence-corrected chi connectivity index (χ3v) is 6.08. The summed E-state index contributed by atoms with van der Waals surface area (Å²) < 4.78 is -0.505. The number of likely N-dealkylation sites (N-methyl/N-ethyl adjacent to an activating group) is 1. The SMILES string of the molecule is CN(CC(=O)c1ccc(O)c(O)c1)C(=O)CN1C(=O)/C(=C/c2ccccc2)SC1S. The van der Waals surface area contributed by atoms with Crippen LogP contribution in [0.15, 0.2) is 53.4 Å². The lowest BCUT2D eigenvalue weighted by Crippen LogP contribution is -2.42. The number of thiol groups is 1. The van der Waals surface area contributed by atoms with Crippen molar-refractivity contribution >= 4 is 48.1 Å². The van der Waals surface area contributed by atoms with Crippen LogP contribution in [0.5, 0.6) is 11.5 Å². The monoisotopic (exact) mass is 444 g/mol. The summed E-state index contributed by atoms with van der Waals surface area (Å²) in [4.78, 5) is 40.7. The smallest absolute Gasteiger partial charge is 0.262 e. The van der Waals surface area contributed by atoms with Crippen molar-refractivity contribution in [2.24, 2.45) is 0 Å². The number of carbonyl (C=O) groups excluding carboxylic acids is 3. The topological polar surface area (TPSA) is 98.2 Å². The number of rotatable bonds is 6. The highest BCUT2D eigenvalue weighted by Crippen LogP contribution is 2.37. The zero-order valence-electron chi connectivity index (χ0n) is 16.1. The summed E-state index contributed by atoms with van der Waals surface area (Å²) in [5, 5.41) is 18.9. The van der Waals surface area contributed by atoms with Crippen LogP contribution in [-0.2, 0) is 9.59 Å². The fourth-order valence-electron chi connectivity index (χ4n) is 2.77. The molecule has 0 spiro atoms. The predicted molar refractivity (Wildman–Crippen MR) is 118 cm³/mol. The number of Topliss-reactive ketones (excluding diaryl/α,β-unsaturated/α-hetero) is 1. The van der Waals surface area contributed by atoms with E-state index in [-0.39, 0.29) is 30.3 Å². The molecule has 0 aliphatic carbocycles. The van der Waals surface area contributed by atoms with Crippen molar-refractivity contribution in [2.75, 3.05) is 20.1 Å². The van der Waals surface area contributed by atoms with E-state index in [9.17, 15) is 24.6 Å². The van der Waals surface area contributed by atoms with Crippen LogP contribution < -0.4 is 0 Å². The summed E-state index contributed by atoms with van der Waals surface area (Å²) in [5.41, 5.74) is 1.04. The number of carbonyl (C=O) groups is 3. The Morgan fingerprint density at radius 1 is 1.17 bits per heavy atom. The van der Waals surface area contributed by atoms with Crippen molar-refractivity contribution < 1.29 is 24.6 Å². The molecule has 1 fully saturated rings. The van der Waals surface area contributed by atoms with Crippen LogP contribution in [-0.4, -0.2) is 62.5 Å². The largest absolute Gasteiger partial charge is 0.504 e. The number of phenolic OH excluding ortho intramolecular Hbond substituents is 2. The molecule has 1 saturated heterocycles. The molecule has 156 valence electrons. The maximum absolute atomic E-state index is 12.7. The number of nitrogens with zero attached hydrogens (tertiary/aromatic N) is 2. The van der Waals surface area contributed by atoms with Gasteiger partial charge in [0.25, 0.3) is 5.91 Å². The molecule has 0 aromatic heterocycles. The molecule has 1 heterocycles. The van der Waals surface area contributed by atoms with Gasteiger partial charge in [-0.1, -0.05) is 42.1 Å². The summed E-state index contributed by atoms with van der Waals surface area (Å²) in [5.74, 6) is -1.86. The van der Waals surface area contributed by atoms with Gasteiger partial charge in [0, 0.05) is 12.6 Å². The molecule has 0 bridgehead atoms. The van der Waals surface area contributed by atoms with E-state index >= 15 is 0 Å². The van der Waals surface area contributed by atoms with Gasteiger partial charge in [0.15, 0.2) is 17.3 Å². The predicted octanol–water partition coefficient (Wildman–Crippen LogP) is 2.57. The third-order valence-electron chi connectivity index (χ3n) is 4.48. The molecule has 0 saturated carbocycles. The molecule has 0 radical (unpaired) electrons. The van der Waals surface area contributed by atoms with Crippen LogP contribution in [0.4, 0.5) is 0 Å². The van der Waals surface area contributed by atoms with Gasteiger partial charge >= 0.3 is 0 Å². The normalized spacial score (nSPS) is 17.4. The minimum Gasteiger partial charge on any atom is -0.504 e. The standard InChI is InChI=1S/C21H20N2O5S2/c1-22(11-17(26)14-7-8-15(24)16(25)10-14)19(27)12-23-20(28)18(30-21(23)29)9-13-5-3-2-4-6-13/h2-10,21,24-25,29H,11-12H2,1H3/b18-9-. The molecule has 2 aromatic carbocycles. The van der Waals surface area contributed by atoms with Crippen LogP contribution in [0.1, 0.15) is 15.9 Å². The molecular weight excluding hydrogens is 424 g/mol. The first-order valence-electron chi connectivity index (χ1n) is 8.98. The van der Waals surface area contributed by atoms with Crippen molar-refractivity contribution in [3.8, 4) is 11.5 Å². The van der Waals surface area contributed by atoms with Crippen molar-refractivity contribution in [2.45, 2.75) is 4.71 Å². The minimum atomic E-state index is -0.505. The van der Waals surface area contributed by atoms with E-state index in [0.717, 1.165) is 11.6 Å². The quantitative estimate of drug-likeness (QED) is 0.274. The average Bonchev–Trinajstić information content (AvgIpc) is 2.98. The Morgan fingerprint density at radius 2 is 1.87 bits per heavy atom. The van der Waals surface area contributed by atoms with E-state index in [4.69, 9.17) is 0 Å². The van der Waals surface area contributed by atoms with E-state index in [1.807, 2.05) is 30.3 Å². The van der Waals surface area contributed by atoms with Gasteiger partial charge in [0.05, 0.1) is 11.4 Å². The molecule has 9 heteroatoms. The molecule has 1 aliphatic heterocycles. The molecular formula is C21H20N2O5S2. The van der Waals surface area contributed by atoms with Crippen molar-refractivity contribution in [1.29, 1.82) is 0 Å². The number of hydrogen-bond donors (Lipinski definition) is 3. The molecule has 1 aliphatic rings. The van der Waals surface area contributed by atoms with Crippen LogP contribution in [0.25, 0.3) is 6.08 Å². The average molecular weight is 445 g/mol. The first-order valence-corrected chi connectivity index (χ1v) is 10.4. The Balaban J connectivity index is 1.63. The molecule has 2 amide bonds. The van der Waals surface area contributed by atoms with Gasteiger partial charge in [-0.3, -0.25) is 14.4 Å². The highest BCUT2D eigenvalue weighted by atomic mass is 32.2. The first kappa shape index (κ1) is 21.8. The number of benzene rings is 2. The lowest BCUT2D eigenvalue weighted by Gasteiger charge is -2.23. The molecule has 30 heavy (non-hydrogen) atoms. The molecule has 2 aromatic rings. The summed E-state index contributed by atoms with van der Waals surface area (Å²) in [6.07, 6.45) is 1.76. The molecule has 1 atom stereocenters. The van der Waals surface area contributed by atoms with Gasteiger partial charge in [-0.2, -0.15) is 0 Å². The summed E-state index contributed by atoms with van der Waals surface area (Å²) in [6, 6.07) is 13.1. The van der Waals surface area contributed by atoms with Gasteiger partial charge in [-0.05, 0) is 29.8 Å². The van der Waals surface area contributed by atoms with E-state index in [2.05, 4.69) is 12.6 Å². The second-order valence-corrected chi connectivity index (χ2v) is 8.63. The summed E-state index contributed by atoms with van der Waals surface area (Å²) in [7, 11) is 1.46. The van der Waals surface area contributed by atoms with Gasteiger partial charge in [0.2, 0.25) is 5.91 Å². The van der Waals surface area contributed by atoms with Gasteiger partial charge < -0.3 is 20.0 Å². The number of hydrogen-bond acceptors (Lipinski definition) is 7. The Bertz CT molecular complexity index is 1010. The van der Waals surface area contributed by atoms with E-state index in [1.165, 1.54) is 40.7 Å². The molecule has 7 nitrogen and oxygen atoms in total.